The van der Waals surface area contributed by atoms with E-state index in [1.165, 1.54) is 12.1 Å². The monoisotopic (exact) mass is 301 g/mol. The zero-order chi connectivity index (χ0) is 13.9. The van der Waals surface area contributed by atoms with E-state index in [0.29, 0.717) is 12.8 Å². The molecule has 19 heavy (non-hydrogen) atoms. The number of benzene rings is 1. The van der Waals surface area contributed by atoms with Gasteiger partial charge in [-0.2, -0.15) is 0 Å². The van der Waals surface area contributed by atoms with Crippen molar-refractivity contribution in [2.24, 2.45) is 0 Å². The molecule has 1 fully saturated rings. The van der Waals surface area contributed by atoms with Gasteiger partial charge < -0.3 is 4.90 Å². The molecule has 0 unspecified atom stereocenters. The molecular formula is C13H16ClNO3S. The van der Waals surface area contributed by atoms with Gasteiger partial charge in [0.25, 0.3) is 9.05 Å². The molecule has 104 valence electrons. The number of hydrogen-bond donors (Lipinski definition) is 0. The molecule has 1 amide bonds. The van der Waals surface area contributed by atoms with Crippen LogP contribution in [0.4, 0.5) is 0 Å². The molecule has 1 saturated heterocycles. The van der Waals surface area contributed by atoms with Crippen LogP contribution in [0.15, 0.2) is 29.2 Å². The van der Waals surface area contributed by atoms with Crippen LogP contribution in [0, 0.1) is 0 Å². The minimum absolute atomic E-state index is 0.0868. The predicted molar refractivity (Wildman–Crippen MR) is 73.6 cm³/mol. The Hall–Kier alpha value is -1.07. The third-order valence-corrected chi connectivity index (χ3v) is 4.66. The summed E-state index contributed by atoms with van der Waals surface area (Å²) in [6.45, 7) is 1.73. The van der Waals surface area contributed by atoms with Crippen molar-refractivity contribution in [1.29, 1.82) is 0 Å². The number of carbonyl (C=O) groups excluding carboxylic acids is 1. The Morgan fingerprint density at radius 3 is 2.26 bits per heavy atom. The van der Waals surface area contributed by atoms with E-state index in [1.807, 2.05) is 4.90 Å². The molecule has 0 bridgehead atoms. The molecule has 0 aliphatic carbocycles. The summed E-state index contributed by atoms with van der Waals surface area (Å²) in [5, 5.41) is 0. The molecule has 0 N–H and O–H groups in total. The summed E-state index contributed by atoms with van der Waals surface area (Å²) >= 11 is 0. The van der Waals surface area contributed by atoms with E-state index in [4.69, 9.17) is 10.7 Å². The summed E-state index contributed by atoms with van der Waals surface area (Å²) in [6.07, 6.45) is 3.27. The molecule has 1 aromatic rings. The predicted octanol–water partition coefficient (Wildman–Crippen LogP) is 2.17. The van der Waals surface area contributed by atoms with Gasteiger partial charge in [-0.25, -0.2) is 8.42 Å². The fraction of sp³-hybridized carbons (Fsp3) is 0.462. The second-order valence-electron chi connectivity index (χ2n) is 4.67. The SMILES string of the molecule is O=C(CCc1ccc(S(=O)(=O)Cl)cc1)N1CCCC1. The minimum atomic E-state index is -3.67. The summed E-state index contributed by atoms with van der Waals surface area (Å²) in [6, 6.07) is 6.34. The van der Waals surface area contributed by atoms with E-state index < -0.39 is 9.05 Å². The standard InChI is InChI=1S/C13H16ClNO3S/c14-19(17,18)12-6-3-11(4-7-12)5-8-13(16)15-9-1-2-10-15/h3-4,6-7H,1-2,5,8-10H2. The van der Waals surface area contributed by atoms with Gasteiger partial charge in [-0.1, -0.05) is 12.1 Å². The fourth-order valence-corrected chi connectivity index (χ4v) is 2.96. The number of aryl methyl sites for hydroxylation is 1. The molecule has 0 radical (unpaired) electrons. The van der Waals surface area contributed by atoms with Crippen LogP contribution in [0.2, 0.25) is 0 Å². The van der Waals surface area contributed by atoms with Gasteiger partial charge in [0, 0.05) is 30.2 Å². The molecular weight excluding hydrogens is 286 g/mol. The quantitative estimate of drug-likeness (QED) is 0.801. The first-order chi connectivity index (χ1) is 8.97. The van der Waals surface area contributed by atoms with Gasteiger partial charge in [0.1, 0.15) is 0 Å². The number of likely N-dealkylation sites (tertiary alicyclic amines) is 1. The summed E-state index contributed by atoms with van der Waals surface area (Å²) in [4.78, 5) is 13.8. The van der Waals surface area contributed by atoms with E-state index in [9.17, 15) is 13.2 Å². The molecule has 4 nitrogen and oxygen atoms in total. The lowest BCUT2D eigenvalue weighted by atomic mass is 10.1. The molecule has 1 heterocycles. The van der Waals surface area contributed by atoms with Crippen molar-refractivity contribution in [3.05, 3.63) is 29.8 Å². The Balaban J connectivity index is 1.91. The first-order valence-corrected chi connectivity index (χ1v) is 8.59. The summed E-state index contributed by atoms with van der Waals surface area (Å²) in [5.41, 5.74) is 0.941. The number of rotatable bonds is 4. The van der Waals surface area contributed by atoms with Crippen molar-refractivity contribution >= 4 is 25.6 Å². The largest absolute Gasteiger partial charge is 0.343 e. The van der Waals surface area contributed by atoms with Crippen molar-refractivity contribution in [2.75, 3.05) is 13.1 Å². The first kappa shape index (κ1) is 14.3. The van der Waals surface area contributed by atoms with Crippen LogP contribution in [-0.4, -0.2) is 32.3 Å². The summed E-state index contributed by atoms with van der Waals surface area (Å²) in [7, 11) is 1.57. The maximum atomic E-state index is 11.9. The van der Waals surface area contributed by atoms with Gasteiger partial charge in [-0.3, -0.25) is 4.79 Å². The maximum Gasteiger partial charge on any atom is 0.261 e. The molecule has 0 aromatic heterocycles. The van der Waals surface area contributed by atoms with E-state index in [1.54, 1.807) is 12.1 Å². The van der Waals surface area contributed by atoms with Gasteiger partial charge in [-0.05, 0) is 37.0 Å². The maximum absolute atomic E-state index is 11.9. The van der Waals surface area contributed by atoms with Crippen LogP contribution in [0.25, 0.3) is 0 Å². The molecule has 0 spiro atoms. The number of carbonyl (C=O) groups is 1. The van der Waals surface area contributed by atoms with Gasteiger partial charge >= 0.3 is 0 Å². The first-order valence-electron chi connectivity index (χ1n) is 6.28. The fourth-order valence-electron chi connectivity index (χ4n) is 2.19. The van der Waals surface area contributed by atoms with Crippen LogP contribution in [0.1, 0.15) is 24.8 Å². The summed E-state index contributed by atoms with van der Waals surface area (Å²) < 4.78 is 22.2. The van der Waals surface area contributed by atoms with Crippen LogP contribution in [0.5, 0.6) is 0 Å². The molecule has 1 aromatic carbocycles. The average Bonchev–Trinajstić information content (AvgIpc) is 2.89. The van der Waals surface area contributed by atoms with Crippen LogP contribution in [0.3, 0.4) is 0 Å². The second kappa shape index (κ2) is 5.92. The van der Waals surface area contributed by atoms with Gasteiger partial charge in [0.15, 0.2) is 0 Å². The lowest BCUT2D eigenvalue weighted by Crippen LogP contribution is -2.27. The van der Waals surface area contributed by atoms with E-state index in [2.05, 4.69) is 0 Å². The Morgan fingerprint density at radius 2 is 1.74 bits per heavy atom. The minimum Gasteiger partial charge on any atom is -0.343 e. The lowest BCUT2D eigenvalue weighted by molar-refractivity contribution is -0.130. The molecule has 6 heteroatoms. The van der Waals surface area contributed by atoms with Crippen molar-refractivity contribution < 1.29 is 13.2 Å². The highest BCUT2D eigenvalue weighted by Gasteiger charge is 2.17. The Bertz CT molecular complexity index is 548. The second-order valence-corrected chi connectivity index (χ2v) is 7.24. The summed E-state index contributed by atoms with van der Waals surface area (Å²) in [5.74, 6) is 0.173. The van der Waals surface area contributed by atoms with E-state index in [0.717, 1.165) is 31.5 Å². The highest BCUT2D eigenvalue weighted by Crippen LogP contribution is 2.16. The van der Waals surface area contributed by atoms with Crippen molar-refractivity contribution in [3.63, 3.8) is 0 Å². The zero-order valence-corrected chi connectivity index (χ0v) is 12.1. The molecule has 0 atom stereocenters. The van der Waals surface area contributed by atoms with Gasteiger partial charge in [0.05, 0.1) is 4.90 Å². The van der Waals surface area contributed by atoms with Crippen molar-refractivity contribution in [3.8, 4) is 0 Å². The third-order valence-electron chi connectivity index (χ3n) is 3.29. The highest BCUT2D eigenvalue weighted by atomic mass is 35.7. The number of amides is 1. The zero-order valence-electron chi connectivity index (χ0n) is 10.5. The molecule has 2 rings (SSSR count). The number of halogens is 1. The Labute approximate surface area is 117 Å². The Morgan fingerprint density at radius 1 is 1.16 bits per heavy atom. The number of hydrogen-bond acceptors (Lipinski definition) is 3. The third kappa shape index (κ3) is 3.94. The smallest absolute Gasteiger partial charge is 0.261 e. The lowest BCUT2D eigenvalue weighted by Gasteiger charge is -2.14. The van der Waals surface area contributed by atoms with Gasteiger partial charge in [-0.15, -0.1) is 0 Å². The molecule has 1 aliphatic rings. The molecule has 0 saturated carbocycles. The average molecular weight is 302 g/mol. The topological polar surface area (TPSA) is 54.5 Å². The van der Waals surface area contributed by atoms with Crippen molar-refractivity contribution in [1.82, 2.24) is 4.90 Å². The van der Waals surface area contributed by atoms with Crippen molar-refractivity contribution in [2.45, 2.75) is 30.6 Å². The number of nitrogens with zero attached hydrogens (tertiary/aromatic N) is 1. The van der Waals surface area contributed by atoms with E-state index in [-0.39, 0.29) is 10.8 Å². The van der Waals surface area contributed by atoms with Crippen LogP contribution >= 0.6 is 10.7 Å². The van der Waals surface area contributed by atoms with E-state index >= 15 is 0 Å². The normalized spacial score (nSPS) is 15.7. The highest BCUT2D eigenvalue weighted by molar-refractivity contribution is 8.13. The Kier molecular flexibility index (Phi) is 4.47. The van der Waals surface area contributed by atoms with Crippen LogP contribution in [-0.2, 0) is 20.3 Å². The molecule has 1 aliphatic heterocycles. The van der Waals surface area contributed by atoms with Crippen LogP contribution < -0.4 is 0 Å². The van der Waals surface area contributed by atoms with Gasteiger partial charge in [0.2, 0.25) is 5.91 Å².